The van der Waals surface area contributed by atoms with E-state index in [0.717, 1.165) is 12.8 Å². The fraction of sp³-hybridized carbons (Fsp3) is 0.529. The number of nitrogens with zero attached hydrogens (tertiary/aromatic N) is 1. The number of aryl methyl sites for hydroxylation is 1. The SMILES string of the molecule is CC(=O)NCC(=O)N1CC[C@H](Cc2cccc(C)c2)[C@@H](O)C1. The Morgan fingerprint density at radius 3 is 2.82 bits per heavy atom. The summed E-state index contributed by atoms with van der Waals surface area (Å²) in [7, 11) is 0. The third-order valence-electron chi connectivity index (χ3n) is 4.14. The van der Waals surface area contributed by atoms with E-state index in [1.807, 2.05) is 6.07 Å². The van der Waals surface area contributed by atoms with Gasteiger partial charge in [-0.2, -0.15) is 0 Å². The maximum absolute atomic E-state index is 12.0. The third-order valence-corrected chi connectivity index (χ3v) is 4.14. The molecule has 120 valence electrons. The lowest BCUT2D eigenvalue weighted by Gasteiger charge is -2.36. The van der Waals surface area contributed by atoms with Crippen molar-refractivity contribution < 1.29 is 14.7 Å². The molecule has 22 heavy (non-hydrogen) atoms. The second-order valence-electron chi connectivity index (χ2n) is 6.06. The van der Waals surface area contributed by atoms with Crippen LogP contribution in [0.25, 0.3) is 0 Å². The molecule has 1 aromatic rings. The molecule has 1 fully saturated rings. The van der Waals surface area contributed by atoms with Gasteiger partial charge in [-0.05, 0) is 31.2 Å². The number of rotatable bonds is 4. The summed E-state index contributed by atoms with van der Waals surface area (Å²) < 4.78 is 0. The first-order chi connectivity index (χ1) is 10.5. The van der Waals surface area contributed by atoms with Crippen molar-refractivity contribution in [3.63, 3.8) is 0 Å². The fourth-order valence-corrected chi connectivity index (χ4v) is 2.90. The van der Waals surface area contributed by atoms with Crippen LogP contribution < -0.4 is 5.32 Å². The Morgan fingerprint density at radius 1 is 1.41 bits per heavy atom. The van der Waals surface area contributed by atoms with Crippen LogP contribution in [0.3, 0.4) is 0 Å². The molecule has 2 amide bonds. The molecule has 1 aliphatic heterocycles. The molecule has 0 saturated carbocycles. The van der Waals surface area contributed by atoms with Crippen molar-refractivity contribution in [1.82, 2.24) is 10.2 Å². The zero-order valence-corrected chi connectivity index (χ0v) is 13.2. The molecule has 1 heterocycles. The summed E-state index contributed by atoms with van der Waals surface area (Å²) in [6, 6.07) is 8.31. The highest BCUT2D eigenvalue weighted by Gasteiger charge is 2.30. The monoisotopic (exact) mass is 304 g/mol. The molecule has 2 rings (SSSR count). The molecule has 2 atom stereocenters. The third kappa shape index (κ3) is 4.56. The van der Waals surface area contributed by atoms with Crippen LogP contribution >= 0.6 is 0 Å². The number of β-amino-alcohol motifs (C(OH)–C–C–N with tert-alkyl or cyclic N) is 1. The number of piperidine rings is 1. The van der Waals surface area contributed by atoms with E-state index in [2.05, 4.69) is 30.4 Å². The normalized spacial score (nSPS) is 21.5. The number of nitrogens with one attached hydrogen (secondary N) is 1. The Kier molecular flexibility index (Phi) is 5.55. The van der Waals surface area contributed by atoms with Gasteiger partial charge in [0.1, 0.15) is 0 Å². The van der Waals surface area contributed by atoms with Crippen molar-refractivity contribution in [2.45, 2.75) is 32.8 Å². The highest BCUT2D eigenvalue weighted by Crippen LogP contribution is 2.22. The van der Waals surface area contributed by atoms with Crippen LogP contribution in [-0.2, 0) is 16.0 Å². The van der Waals surface area contributed by atoms with Gasteiger partial charge < -0.3 is 15.3 Å². The standard InChI is InChI=1S/C17H24N2O3/c1-12-4-3-5-14(8-12)9-15-6-7-19(11-16(15)21)17(22)10-18-13(2)20/h3-5,8,15-16,21H,6-7,9-11H2,1-2H3,(H,18,20)/t15-,16+/m1/s1. The molecule has 0 aromatic heterocycles. The van der Waals surface area contributed by atoms with Crippen LogP contribution in [0.2, 0.25) is 0 Å². The van der Waals surface area contributed by atoms with Gasteiger partial charge in [0, 0.05) is 20.0 Å². The molecule has 1 aliphatic rings. The molecule has 1 saturated heterocycles. The van der Waals surface area contributed by atoms with Gasteiger partial charge in [0.25, 0.3) is 0 Å². The van der Waals surface area contributed by atoms with Gasteiger partial charge in [0.05, 0.1) is 12.6 Å². The number of hydrogen-bond acceptors (Lipinski definition) is 3. The number of aliphatic hydroxyl groups excluding tert-OH is 1. The minimum Gasteiger partial charge on any atom is -0.391 e. The average molecular weight is 304 g/mol. The lowest BCUT2D eigenvalue weighted by Crippen LogP contribution is -2.49. The first kappa shape index (κ1) is 16.5. The predicted molar refractivity (Wildman–Crippen MR) is 84.3 cm³/mol. The summed E-state index contributed by atoms with van der Waals surface area (Å²) in [4.78, 5) is 24.4. The van der Waals surface area contributed by atoms with Crippen LogP contribution in [-0.4, -0.2) is 47.6 Å². The number of amides is 2. The van der Waals surface area contributed by atoms with E-state index in [-0.39, 0.29) is 24.3 Å². The number of likely N-dealkylation sites (tertiary alicyclic amines) is 1. The topological polar surface area (TPSA) is 69.6 Å². The van der Waals surface area contributed by atoms with Crippen LogP contribution in [0.4, 0.5) is 0 Å². The smallest absolute Gasteiger partial charge is 0.242 e. The van der Waals surface area contributed by atoms with Crippen molar-refractivity contribution in [3.8, 4) is 0 Å². The Morgan fingerprint density at radius 2 is 2.18 bits per heavy atom. The summed E-state index contributed by atoms with van der Waals surface area (Å²) in [5.41, 5.74) is 2.44. The van der Waals surface area contributed by atoms with Crippen molar-refractivity contribution >= 4 is 11.8 Å². The van der Waals surface area contributed by atoms with Gasteiger partial charge in [-0.3, -0.25) is 9.59 Å². The molecule has 1 aromatic carbocycles. The fourth-order valence-electron chi connectivity index (χ4n) is 2.90. The van der Waals surface area contributed by atoms with E-state index in [0.29, 0.717) is 13.1 Å². The second-order valence-corrected chi connectivity index (χ2v) is 6.06. The summed E-state index contributed by atoms with van der Waals surface area (Å²) in [5.74, 6) is -0.182. The Bertz CT molecular complexity index is 544. The van der Waals surface area contributed by atoms with Gasteiger partial charge >= 0.3 is 0 Å². The van der Waals surface area contributed by atoms with Gasteiger partial charge in [0.2, 0.25) is 11.8 Å². The predicted octanol–water partition coefficient (Wildman–Crippen LogP) is 0.883. The molecular formula is C17H24N2O3. The number of carbonyl (C=O) groups is 2. The van der Waals surface area contributed by atoms with Gasteiger partial charge in [0.15, 0.2) is 0 Å². The van der Waals surface area contributed by atoms with Crippen molar-refractivity contribution in [2.75, 3.05) is 19.6 Å². The van der Waals surface area contributed by atoms with Crippen molar-refractivity contribution in [2.24, 2.45) is 5.92 Å². The summed E-state index contributed by atoms with van der Waals surface area (Å²) in [6.07, 6.45) is 1.09. The molecule has 0 aliphatic carbocycles. The number of aliphatic hydroxyl groups is 1. The van der Waals surface area contributed by atoms with E-state index >= 15 is 0 Å². The number of hydrogen-bond donors (Lipinski definition) is 2. The Labute approximate surface area is 131 Å². The van der Waals surface area contributed by atoms with Gasteiger partial charge in [-0.15, -0.1) is 0 Å². The van der Waals surface area contributed by atoms with E-state index in [4.69, 9.17) is 0 Å². The number of carbonyl (C=O) groups excluding carboxylic acids is 2. The van der Waals surface area contributed by atoms with Crippen molar-refractivity contribution in [1.29, 1.82) is 0 Å². The van der Waals surface area contributed by atoms with Crippen LogP contribution in [0.1, 0.15) is 24.5 Å². The highest BCUT2D eigenvalue weighted by atomic mass is 16.3. The first-order valence-corrected chi connectivity index (χ1v) is 7.71. The quantitative estimate of drug-likeness (QED) is 0.868. The molecule has 5 nitrogen and oxygen atoms in total. The highest BCUT2D eigenvalue weighted by molar-refractivity contribution is 5.83. The number of benzene rings is 1. The molecule has 5 heteroatoms. The van der Waals surface area contributed by atoms with Crippen molar-refractivity contribution in [3.05, 3.63) is 35.4 Å². The van der Waals surface area contributed by atoms with Crippen LogP contribution in [0, 0.1) is 12.8 Å². The minimum absolute atomic E-state index is 0.00456. The molecular weight excluding hydrogens is 280 g/mol. The zero-order chi connectivity index (χ0) is 16.1. The zero-order valence-electron chi connectivity index (χ0n) is 13.2. The van der Waals surface area contributed by atoms with E-state index in [9.17, 15) is 14.7 Å². The molecule has 0 unspecified atom stereocenters. The van der Waals surface area contributed by atoms with Crippen LogP contribution in [0.5, 0.6) is 0 Å². The minimum atomic E-state index is -0.518. The summed E-state index contributed by atoms with van der Waals surface area (Å²) >= 11 is 0. The van der Waals surface area contributed by atoms with Gasteiger partial charge in [-0.1, -0.05) is 29.8 Å². The van der Waals surface area contributed by atoms with E-state index in [1.165, 1.54) is 18.1 Å². The van der Waals surface area contributed by atoms with E-state index in [1.54, 1.807) is 4.90 Å². The molecule has 0 spiro atoms. The van der Waals surface area contributed by atoms with E-state index < -0.39 is 6.10 Å². The maximum atomic E-state index is 12.0. The molecule has 0 radical (unpaired) electrons. The van der Waals surface area contributed by atoms with Gasteiger partial charge in [-0.25, -0.2) is 0 Å². The molecule has 0 bridgehead atoms. The Hall–Kier alpha value is -1.88. The Balaban J connectivity index is 1.87. The van der Waals surface area contributed by atoms with Crippen LogP contribution in [0.15, 0.2) is 24.3 Å². The average Bonchev–Trinajstić information content (AvgIpc) is 2.47. The lowest BCUT2D eigenvalue weighted by atomic mass is 9.87. The first-order valence-electron chi connectivity index (χ1n) is 7.71. The summed E-state index contributed by atoms with van der Waals surface area (Å²) in [5, 5.41) is 12.8. The maximum Gasteiger partial charge on any atom is 0.242 e. The lowest BCUT2D eigenvalue weighted by molar-refractivity contribution is -0.136. The largest absolute Gasteiger partial charge is 0.391 e. The summed E-state index contributed by atoms with van der Waals surface area (Å²) in [6.45, 7) is 4.42. The second kappa shape index (κ2) is 7.40. The molecule has 2 N–H and O–H groups in total.